The van der Waals surface area contributed by atoms with Gasteiger partial charge in [-0.15, -0.1) is 11.6 Å². The lowest BCUT2D eigenvalue weighted by Crippen LogP contribution is -2.52. The SMILES string of the molecule is CCC(=O)NCc1cc(OCC[NH3+])ccc1C#N.CCl. The van der Waals surface area contributed by atoms with Crippen LogP contribution < -0.4 is 15.8 Å². The first-order valence-electron chi connectivity index (χ1n) is 6.30. The molecule has 0 spiro atoms. The number of carbonyl (C=O) groups is 1. The second kappa shape index (κ2) is 11.1. The molecule has 1 aromatic carbocycles. The normalized spacial score (nSPS) is 8.95. The summed E-state index contributed by atoms with van der Waals surface area (Å²) >= 11 is 4.64. The maximum absolute atomic E-state index is 11.2. The van der Waals surface area contributed by atoms with Crippen LogP contribution in [0, 0.1) is 11.3 Å². The van der Waals surface area contributed by atoms with Crippen LogP contribution in [-0.4, -0.2) is 25.4 Å². The van der Waals surface area contributed by atoms with Gasteiger partial charge in [-0.05, 0) is 23.8 Å². The van der Waals surface area contributed by atoms with Crippen molar-refractivity contribution < 1.29 is 15.3 Å². The molecule has 0 atom stereocenters. The Morgan fingerprint density at radius 2 is 2.20 bits per heavy atom. The molecule has 20 heavy (non-hydrogen) atoms. The Hall–Kier alpha value is -1.77. The number of nitrogens with one attached hydrogen (secondary N) is 1. The third-order valence-electron chi connectivity index (χ3n) is 2.41. The van der Waals surface area contributed by atoms with Crippen LogP contribution in [0.5, 0.6) is 5.75 Å². The number of rotatable bonds is 6. The van der Waals surface area contributed by atoms with E-state index in [0.717, 1.165) is 5.56 Å². The van der Waals surface area contributed by atoms with Crippen molar-refractivity contribution in [3.63, 3.8) is 0 Å². The summed E-state index contributed by atoms with van der Waals surface area (Å²) in [5, 5.41) is 11.7. The standard InChI is InChI=1S/C13H17N3O2.CH3Cl/c1-2-13(17)16-9-11-7-12(18-6-5-14)4-3-10(11)8-15;1-2/h3-4,7H,2,5-6,9,14H2,1H3,(H,16,17);1H3/p+1. The molecule has 0 unspecified atom stereocenters. The molecule has 0 radical (unpaired) electrons. The Morgan fingerprint density at radius 3 is 2.75 bits per heavy atom. The minimum Gasteiger partial charge on any atom is -0.488 e. The van der Waals surface area contributed by atoms with E-state index in [4.69, 9.17) is 10.00 Å². The molecule has 0 bridgehead atoms. The van der Waals surface area contributed by atoms with Crippen molar-refractivity contribution in [3.8, 4) is 11.8 Å². The van der Waals surface area contributed by atoms with E-state index in [1.807, 2.05) is 0 Å². The van der Waals surface area contributed by atoms with Gasteiger partial charge in [0.2, 0.25) is 5.91 Å². The molecule has 0 aliphatic carbocycles. The quantitative estimate of drug-likeness (QED) is 0.770. The van der Waals surface area contributed by atoms with E-state index in [0.29, 0.717) is 37.4 Å². The van der Waals surface area contributed by atoms with Gasteiger partial charge >= 0.3 is 0 Å². The molecule has 0 saturated carbocycles. The van der Waals surface area contributed by atoms with E-state index in [1.165, 1.54) is 6.38 Å². The Labute approximate surface area is 124 Å². The van der Waals surface area contributed by atoms with Crippen molar-refractivity contribution in [2.24, 2.45) is 0 Å². The fourth-order valence-corrected chi connectivity index (χ4v) is 1.42. The van der Waals surface area contributed by atoms with E-state index in [9.17, 15) is 4.79 Å². The van der Waals surface area contributed by atoms with Gasteiger partial charge in [0, 0.05) is 19.3 Å². The van der Waals surface area contributed by atoms with Crippen molar-refractivity contribution in [1.82, 2.24) is 5.32 Å². The number of halogens is 1. The van der Waals surface area contributed by atoms with Gasteiger partial charge in [0.15, 0.2) is 0 Å². The molecule has 0 aliphatic heterocycles. The monoisotopic (exact) mass is 298 g/mol. The molecule has 0 aliphatic rings. The summed E-state index contributed by atoms with van der Waals surface area (Å²) in [7, 11) is 0. The molecular formula is C14H21ClN3O2+. The maximum Gasteiger partial charge on any atom is 0.219 e. The first-order chi connectivity index (χ1) is 9.71. The van der Waals surface area contributed by atoms with Crippen LogP contribution in [0.4, 0.5) is 0 Å². The van der Waals surface area contributed by atoms with Crippen LogP contribution in [0.25, 0.3) is 0 Å². The minimum atomic E-state index is -0.0389. The van der Waals surface area contributed by atoms with E-state index >= 15 is 0 Å². The van der Waals surface area contributed by atoms with Crippen molar-refractivity contribution >= 4 is 17.5 Å². The first kappa shape index (κ1) is 18.2. The summed E-state index contributed by atoms with van der Waals surface area (Å²) in [4.78, 5) is 11.2. The highest BCUT2D eigenvalue weighted by Gasteiger charge is 2.06. The van der Waals surface area contributed by atoms with Crippen molar-refractivity contribution in [2.75, 3.05) is 19.5 Å². The zero-order chi connectivity index (χ0) is 15.4. The molecular weight excluding hydrogens is 278 g/mol. The number of hydrogen-bond donors (Lipinski definition) is 2. The highest BCUT2D eigenvalue weighted by Crippen LogP contribution is 2.17. The van der Waals surface area contributed by atoms with Gasteiger partial charge in [0.1, 0.15) is 18.9 Å². The predicted molar refractivity (Wildman–Crippen MR) is 78.3 cm³/mol. The van der Waals surface area contributed by atoms with Gasteiger partial charge in [-0.2, -0.15) is 5.26 Å². The number of ether oxygens (including phenoxy) is 1. The average molecular weight is 299 g/mol. The van der Waals surface area contributed by atoms with Crippen molar-refractivity contribution in [3.05, 3.63) is 29.3 Å². The zero-order valence-corrected chi connectivity index (χ0v) is 12.7. The summed E-state index contributed by atoms with van der Waals surface area (Å²) in [6.07, 6.45) is 1.90. The van der Waals surface area contributed by atoms with E-state index in [-0.39, 0.29) is 5.91 Å². The van der Waals surface area contributed by atoms with E-state index < -0.39 is 0 Å². The summed E-state index contributed by atoms with van der Waals surface area (Å²) in [6.45, 7) is 3.35. The first-order valence-corrected chi connectivity index (χ1v) is 7.06. The number of amides is 1. The molecule has 110 valence electrons. The molecule has 0 saturated heterocycles. The largest absolute Gasteiger partial charge is 0.488 e. The Bertz CT molecular complexity index is 458. The average Bonchev–Trinajstić information content (AvgIpc) is 2.52. The number of hydrogen-bond acceptors (Lipinski definition) is 3. The fraction of sp³-hybridized carbons (Fsp3) is 0.429. The molecule has 0 fully saturated rings. The Balaban J connectivity index is 0.00000172. The summed E-state index contributed by atoms with van der Waals surface area (Å²) in [6, 6.07) is 7.33. The number of alkyl halides is 1. The third kappa shape index (κ3) is 6.41. The highest BCUT2D eigenvalue weighted by atomic mass is 35.5. The molecule has 1 rings (SSSR count). The predicted octanol–water partition coefficient (Wildman–Crippen LogP) is 1.06. The molecule has 6 heteroatoms. The van der Waals surface area contributed by atoms with Crippen LogP contribution in [0.2, 0.25) is 0 Å². The topological polar surface area (TPSA) is 89.8 Å². The van der Waals surface area contributed by atoms with E-state index in [1.54, 1.807) is 25.1 Å². The summed E-state index contributed by atoms with van der Waals surface area (Å²) in [5.41, 5.74) is 5.01. The van der Waals surface area contributed by atoms with Gasteiger partial charge < -0.3 is 15.8 Å². The molecule has 1 aromatic rings. The Kier molecular flexibility index (Phi) is 10.1. The van der Waals surface area contributed by atoms with Crippen molar-refractivity contribution in [2.45, 2.75) is 19.9 Å². The molecule has 0 aromatic heterocycles. The maximum atomic E-state index is 11.2. The van der Waals surface area contributed by atoms with Crippen molar-refractivity contribution in [1.29, 1.82) is 5.26 Å². The summed E-state index contributed by atoms with van der Waals surface area (Å²) in [5.74, 6) is 0.654. The number of carbonyl (C=O) groups excluding carboxylic acids is 1. The van der Waals surface area contributed by atoms with Gasteiger partial charge in [0.05, 0.1) is 11.6 Å². The number of quaternary nitrogens is 1. The lowest BCUT2D eigenvalue weighted by molar-refractivity contribution is -0.370. The van der Waals surface area contributed by atoms with Gasteiger partial charge in [-0.3, -0.25) is 4.79 Å². The molecule has 1 amide bonds. The van der Waals surface area contributed by atoms with Gasteiger partial charge in [-0.1, -0.05) is 6.92 Å². The zero-order valence-electron chi connectivity index (χ0n) is 11.9. The summed E-state index contributed by atoms with van der Waals surface area (Å²) < 4.78 is 5.44. The fourth-order valence-electron chi connectivity index (χ4n) is 1.42. The van der Waals surface area contributed by atoms with Crippen LogP contribution >= 0.6 is 11.6 Å². The lowest BCUT2D eigenvalue weighted by atomic mass is 10.1. The number of nitriles is 1. The van der Waals surface area contributed by atoms with Crippen LogP contribution in [0.3, 0.4) is 0 Å². The molecule has 5 nitrogen and oxygen atoms in total. The molecule has 0 heterocycles. The van der Waals surface area contributed by atoms with Gasteiger partial charge in [-0.25, -0.2) is 0 Å². The second-order valence-corrected chi connectivity index (χ2v) is 3.76. The van der Waals surface area contributed by atoms with Crippen LogP contribution in [-0.2, 0) is 11.3 Å². The second-order valence-electron chi connectivity index (χ2n) is 3.76. The van der Waals surface area contributed by atoms with Crippen LogP contribution in [0.15, 0.2) is 18.2 Å². The third-order valence-corrected chi connectivity index (χ3v) is 2.41. The highest BCUT2D eigenvalue weighted by molar-refractivity contribution is 6.15. The molecule has 4 N–H and O–H groups in total. The smallest absolute Gasteiger partial charge is 0.219 e. The van der Waals surface area contributed by atoms with E-state index in [2.05, 4.69) is 28.7 Å². The number of nitrogens with zero attached hydrogens (tertiary/aromatic N) is 1. The van der Waals surface area contributed by atoms with Gasteiger partial charge in [0.25, 0.3) is 0 Å². The van der Waals surface area contributed by atoms with Crippen LogP contribution in [0.1, 0.15) is 24.5 Å². The Morgan fingerprint density at radius 1 is 1.50 bits per heavy atom. The minimum absolute atomic E-state index is 0.0389. The number of benzene rings is 1. The lowest BCUT2D eigenvalue weighted by Gasteiger charge is -2.09.